The summed E-state index contributed by atoms with van der Waals surface area (Å²) in [6.45, 7) is 8.44. The molecule has 0 saturated carbocycles. The Bertz CT molecular complexity index is 656. The highest BCUT2D eigenvalue weighted by Gasteiger charge is 2.18. The summed E-state index contributed by atoms with van der Waals surface area (Å²) in [6.07, 6.45) is 0. The number of quaternary nitrogens is 1. The molecule has 28 heavy (non-hydrogen) atoms. The van der Waals surface area contributed by atoms with Crippen LogP contribution in [0.25, 0.3) is 0 Å². The van der Waals surface area contributed by atoms with E-state index in [2.05, 4.69) is 5.32 Å². The van der Waals surface area contributed by atoms with Crippen molar-refractivity contribution in [2.75, 3.05) is 52.5 Å². The Labute approximate surface area is 165 Å². The second-order valence-electron chi connectivity index (χ2n) is 6.67. The molecule has 1 aliphatic rings. The minimum Gasteiger partial charge on any atom is -0.452 e. The summed E-state index contributed by atoms with van der Waals surface area (Å²) < 4.78 is 10.5. The molecule has 1 aromatic carbocycles. The molecule has 8 heteroatoms. The molecule has 2 rings (SSSR count). The summed E-state index contributed by atoms with van der Waals surface area (Å²) in [5.74, 6) is -1.18. The molecule has 1 heterocycles. The van der Waals surface area contributed by atoms with Gasteiger partial charge in [-0.2, -0.15) is 0 Å². The molecule has 0 aliphatic carbocycles. The zero-order valence-corrected chi connectivity index (χ0v) is 16.7. The minimum atomic E-state index is -0.548. The Hall–Kier alpha value is -2.45. The van der Waals surface area contributed by atoms with E-state index in [1.807, 2.05) is 19.1 Å². The molecule has 1 saturated heterocycles. The maximum Gasteiger partial charge on any atom is 0.338 e. The van der Waals surface area contributed by atoms with Crippen LogP contribution in [-0.4, -0.2) is 75.2 Å². The third-order valence-corrected chi connectivity index (χ3v) is 4.61. The zero-order valence-electron chi connectivity index (χ0n) is 16.7. The number of esters is 1. The first kappa shape index (κ1) is 21.8. The zero-order chi connectivity index (χ0) is 20.4. The average molecular weight is 392 g/mol. The van der Waals surface area contributed by atoms with Crippen LogP contribution in [0, 0.1) is 0 Å². The highest BCUT2D eigenvalue weighted by molar-refractivity contribution is 5.92. The van der Waals surface area contributed by atoms with Crippen LogP contribution in [0.2, 0.25) is 0 Å². The van der Waals surface area contributed by atoms with E-state index in [9.17, 15) is 14.4 Å². The van der Waals surface area contributed by atoms with Crippen molar-refractivity contribution in [3.05, 3.63) is 35.4 Å². The van der Waals surface area contributed by atoms with Gasteiger partial charge < -0.3 is 24.6 Å². The smallest absolute Gasteiger partial charge is 0.338 e. The first-order valence-electron chi connectivity index (χ1n) is 9.75. The predicted octanol–water partition coefficient (Wildman–Crippen LogP) is -0.757. The molecule has 0 aromatic heterocycles. The van der Waals surface area contributed by atoms with Crippen molar-refractivity contribution in [3.8, 4) is 0 Å². The molecule has 1 aliphatic heterocycles. The monoisotopic (exact) mass is 392 g/mol. The fourth-order valence-electron chi connectivity index (χ4n) is 2.99. The summed E-state index contributed by atoms with van der Waals surface area (Å²) in [5.41, 5.74) is 1.55. The van der Waals surface area contributed by atoms with E-state index >= 15 is 0 Å². The normalized spacial score (nSPS) is 14.4. The molecule has 0 bridgehead atoms. The fraction of sp³-hybridized carbons (Fsp3) is 0.550. The molecule has 154 valence electrons. The molecule has 0 unspecified atom stereocenters. The van der Waals surface area contributed by atoms with Gasteiger partial charge in [-0.1, -0.05) is 12.1 Å². The average Bonchev–Trinajstić information content (AvgIpc) is 2.71. The number of morpholine rings is 1. The topological polar surface area (TPSA) is 89.4 Å². The first-order valence-corrected chi connectivity index (χ1v) is 9.75. The Morgan fingerprint density at radius 3 is 2.43 bits per heavy atom. The highest BCUT2D eigenvalue weighted by atomic mass is 16.5. The Kier molecular flexibility index (Phi) is 8.90. The van der Waals surface area contributed by atoms with Crippen molar-refractivity contribution >= 4 is 17.8 Å². The Morgan fingerprint density at radius 2 is 1.82 bits per heavy atom. The second-order valence-corrected chi connectivity index (χ2v) is 6.67. The van der Waals surface area contributed by atoms with Crippen LogP contribution < -0.4 is 10.2 Å². The van der Waals surface area contributed by atoms with Crippen molar-refractivity contribution in [3.63, 3.8) is 0 Å². The molecule has 8 nitrogen and oxygen atoms in total. The number of ether oxygens (including phenoxy) is 2. The van der Waals surface area contributed by atoms with Crippen LogP contribution in [0.3, 0.4) is 0 Å². The number of nitrogens with one attached hydrogen (secondary N) is 2. The van der Waals surface area contributed by atoms with E-state index in [-0.39, 0.29) is 19.1 Å². The van der Waals surface area contributed by atoms with Crippen molar-refractivity contribution in [2.24, 2.45) is 0 Å². The first-order chi connectivity index (χ1) is 13.5. The Morgan fingerprint density at radius 1 is 1.14 bits per heavy atom. The lowest BCUT2D eigenvalue weighted by Gasteiger charge is -2.23. The van der Waals surface area contributed by atoms with Gasteiger partial charge in [-0.3, -0.25) is 9.59 Å². The second kappa shape index (κ2) is 11.4. The van der Waals surface area contributed by atoms with Crippen LogP contribution in [0.4, 0.5) is 0 Å². The SMILES string of the molecule is CCNC(=O)CN(CC)C(=O)COC(=O)c1ccc(C[NH+]2CCOCC2)cc1. The summed E-state index contributed by atoms with van der Waals surface area (Å²) >= 11 is 0. The van der Waals surface area contributed by atoms with Gasteiger partial charge in [0.2, 0.25) is 5.91 Å². The lowest BCUT2D eigenvalue weighted by Crippen LogP contribution is -3.12. The van der Waals surface area contributed by atoms with Crippen LogP contribution >= 0.6 is 0 Å². The van der Waals surface area contributed by atoms with E-state index in [0.29, 0.717) is 18.7 Å². The maximum atomic E-state index is 12.2. The van der Waals surface area contributed by atoms with Crippen LogP contribution in [0.15, 0.2) is 24.3 Å². The van der Waals surface area contributed by atoms with E-state index < -0.39 is 11.9 Å². The number of hydrogen-bond acceptors (Lipinski definition) is 5. The number of benzene rings is 1. The van der Waals surface area contributed by atoms with Crippen molar-refractivity contribution in [1.82, 2.24) is 10.2 Å². The number of carbonyl (C=O) groups excluding carboxylic acids is 3. The van der Waals surface area contributed by atoms with Crippen molar-refractivity contribution in [1.29, 1.82) is 0 Å². The lowest BCUT2D eigenvalue weighted by atomic mass is 10.1. The maximum absolute atomic E-state index is 12.2. The largest absolute Gasteiger partial charge is 0.452 e. The van der Waals surface area contributed by atoms with Crippen molar-refractivity contribution < 1.29 is 28.8 Å². The number of nitrogens with zero attached hydrogens (tertiary/aromatic N) is 1. The fourth-order valence-corrected chi connectivity index (χ4v) is 2.99. The Balaban J connectivity index is 1.81. The molecule has 0 radical (unpaired) electrons. The quantitative estimate of drug-likeness (QED) is 0.540. The number of hydrogen-bond donors (Lipinski definition) is 2. The number of likely N-dealkylation sites (N-methyl/N-ethyl adjacent to an activating group) is 2. The summed E-state index contributed by atoms with van der Waals surface area (Å²) in [5, 5.41) is 2.64. The van der Waals surface area contributed by atoms with Gasteiger partial charge in [0.15, 0.2) is 6.61 Å². The van der Waals surface area contributed by atoms with Gasteiger partial charge in [-0.05, 0) is 26.0 Å². The molecular weight excluding hydrogens is 362 g/mol. The predicted molar refractivity (Wildman–Crippen MR) is 103 cm³/mol. The molecule has 2 N–H and O–H groups in total. The highest BCUT2D eigenvalue weighted by Crippen LogP contribution is 2.06. The lowest BCUT2D eigenvalue weighted by molar-refractivity contribution is -0.921. The van der Waals surface area contributed by atoms with Crippen molar-refractivity contribution in [2.45, 2.75) is 20.4 Å². The van der Waals surface area contributed by atoms with E-state index in [1.54, 1.807) is 19.1 Å². The van der Waals surface area contributed by atoms with Gasteiger partial charge in [-0.15, -0.1) is 0 Å². The van der Waals surface area contributed by atoms with Crippen LogP contribution in [0.1, 0.15) is 29.8 Å². The summed E-state index contributed by atoms with van der Waals surface area (Å²) in [4.78, 5) is 38.8. The number of carbonyl (C=O) groups is 3. The molecule has 1 aromatic rings. The molecule has 0 spiro atoms. The summed E-state index contributed by atoms with van der Waals surface area (Å²) in [7, 11) is 0. The van der Waals surface area contributed by atoms with Gasteiger partial charge in [-0.25, -0.2) is 4.79 Å². The standard InChI is InChI=1S/C20H29N3O5/c1-3-21-18(24)14-23(4-2)19(25)15-28-20(26)17-7-5-16(6-8-17)13-22-9-11-27-12-10-22/h5-8H,3-4,9-15H2,1-2H3,(H,21,24)/p+1. The van der Waals surface area contributed by atoms with E-state index in [0.717, 1.165) is 38.4 Å². The van der Waals surface area contributed by atoms with Crippen LogP contribution in [0.5, 0.6) is 0 Å². The molecule has 0 atom stereocenters. The number of amides is 2. The van der Waals surface area contributed by atoms with E-state index in [1.165, 1.54) is 9.80 Å². The van der Waals surface area contributed by atoms with Gasteiger partial charge in [0.25, 0.3) is 5.91 Å². The van der Waals surface area contributed by atoms with Gasteiger partial charge in [0, 0.05) is 18.7 Å². The van der Waals surface area contributed by atoms with Gasteiger partial charge in [0.05, 0.1) is 25.3 Å². The third-order valence-electron chi connectivity index (χ3n) is 4.61. The summed E-state index contributed by atoms with van der Waals surface area (Å²) in [6, 6.07) is 7.26. The number of rotatable bonds is 9. The molecule has 1 fully saturated rings. The molecular formula is C20H30N3O5+. The third kappa shape index (κ3) is 6.94. The van der Waals surface area contributed by atoms with Crippen LogP contribution in [-0.2, 0) is 25.6 Å². The minimum absolute atomic E-state index is 0.0424. The van der Waals surface area contributed by atoms with Gasteiger partial charge in [0.1, 0.15) is 19.6 Å². The molecule has 2 amide bonds. The van der Waals surface area contributed by atoms with Gasteiger partial charge >= 0.3 is 5.97 Å². The van der Waals surface area contributed by atoms with E-state index in [4.69, 9.17) is 9.47 Å².